The van der Waals surface area contributed by atoms with Crippen LogP contribution >= 0.6 is 0 Å². The molecule has 1 fully saturated rings. The molecule has 1 saturated carbocycles. The zero-order chi connectivity index (χ0) is 25.0. The molecule has 0 unspecified atom stereocenters. The summed E-state index contributed by atoms with van der Waals surface area (Å²) in [6.45, 7) is 8.03. The van der Waals surface area contributed by atoms with E-state index in [1.165, 1.54) is 5.57 Å². The summed E-state index contributed by atoms with van der Waals surface area (Å²) in [5.74, 6) is 0.483. The van der Waals surface area contributed by atoms with Crippen LogP contribution in [0.1, 0.15) is 73.4 Å². The summed E-state index contributed by atoms with van der Waals surface area (Å²) in [4.78, 5) is 25.3. The maximum atomic E-state index is 12.8. The summed E-state index contributed by atoms with van der Waals surface area (Å²) < 4.78 is 11.1. The van der Waals surface area contributed by atoms with Crippen LogP contribution in [0.4, 0.5) is 0 Å². The average Bonchev–Trinajstić information content (AvgIpc) is 3.30. The van der Waals surface area contributed by atoms with Gasteiger partial charge in [0.05, 0.1) is 11.1 Å². The lowest BCUT2D eigenvalue weighted by molar-refractivity contribution is 0.0704. The van der Waals surface area contributed by atoms with Crippen LogP contribution in [-0.2, 0) is 28.7 Å². The Labute approximate surface area is 210 Å². The molecule has 1 N–H and O–H groups in total. The van der Waals surface area contributed by atoms with Gasteiger partial charge in [-0.2, -0.15) is 0 Å². The zero-order valence-corrected chi connectivity index (χ0v) is 20.3. The highest BCUT2D eigenvalue weighted by atomic mass is 16.5. The molecule has 180 valence electrons. The summed E-state index contributed by atoms with van der Waals surface area (Å²) in [6.07, 6.45) is 11.0. The summed E-state index contributed by atoms with van der Waals surface area (Å²) >= 11 is 0. The Morgan fingerprint density at radius 3 is 2.03 bits per heavy atom. The van der Waals surface area contributed by atoms with E-state index in [0.717, 1.165) is 69.5 Å². The highest BCUT2D eigenvalue weighted by Crippen LogP contribution is 2.42. The van der Waals surface area contributed by atoms with Crippen LogP contribution < -0.4 is 5.32 Å². The van der Waals surface area contributed by atoms with Gasteiger partial charge in [0.1, 0.15) is 11.5 Å². The van der Waals surface area contributed by atoms with Gasteiger partial charge in [0, 0.05) is 18.2 Å². The third-order valence-electron chi connectivity index (χ3n) is 7.61. The number of carbonyl (C=O) groups is 2. The smallest absolute Gasteiger partial charge is 0.344 e. The van der Waals surface area contributed by atoms with E-state index in [-0.39, 0.29) is 11.9 Å². The predicted octanol–water partition coefficient (Wildman–Crippen LogP) is 5.80. The quantitative estimate of drug-likeness (QED) is 0.566. The van der Waals surface area contributed by atoms with Crippen LogP contribution in [0, 0.1) is 0 Å². The molecule has 0 saturated heterocycles. The molecule has 2 aliphatic heterocycles. The highest BCUT2D eigenvalue weighted by molar-refractivity contribution is 6.04. The van der Waals surface area contributed by atoms with E-state index in [2.05, 4.69) is 30.6 Å². The van der Waals surface area contributed by atoms with E-state index in [1.807, 2.05) is 37.5 Å². The third-order valence-corrected chi connectivity index (χ3v) is 7.61. The van der Waals surface area contributed by atoms with Crippen molar-refractivity contribution in [3.05, 3.63) is 117 Å². The van der Waals surface area contributed by atoms with Gasteiger partial charge in [-0.05, 0) is 114 Å². The Morgan fingerprint density at radius 1 is 0.806 bits per heavy atom. The molecule has 0 radical (unpaired) electrons. The third kappa shape index (κ3) is 3.54. The molecule has 0 amide bonds. The number of esters is 2. The van der Waals surface area contributed by atoms with Crippen LogP contribution in [0.2, 0.25) is 0 Å². The second-order valence-corrected chi connectivity index (χ2v) is 9.73. The van der Waals surface area contributed by atoms with Gasteiger partial charge >= 0.3 is 11.9 Å². The highest BCUT2D eigenvalue weighted by Gasteiger charge is 2.33. The van der Waals surface area contributed by atoms with Gasteiger partial charge < -0.3 is 14.8 Å². The van der Waals surface area contributed by atoms with Crippen molar-refractivity contribution in [3.63, 3.8) is 0 Å². The molecular weight excluding hydrogens is 450 g/mol. The molecule has 2 aromatic rings. The number of ether oxygens (including phenoxy) is 2. The van der Waals surface area contributed by atoms with Gasteiger partial charge in [-0.3, -0.25) is 0 Å². The largest absolute Gasteiger partial charge is 0.423 e. The Balaban J connectivity index is 1.58. The molecule has 2 heterocycles. The number of benzene rings is 2. The molecule has 0 atom stereocenters. The van der Waals surface area contributed by atoms with Crippen molar-refractivity contribution in [3.8, 4) is 0 Å². The molecule has 2 aliphatic carbocycles. The van der Waals surface area contributed by atoms with Crippen molar-refractivity contribution in [2.75, 3.05) is 7.05 Å². The van der Waals surface area contributed by atoms with Gasteiger partial charge in [-0.25, -0.2) is 9.59 Å². The number of allylic oxidation sites excluding steroid dienone is 5. The average molecular weight is 478 g/mol. The fourth-order valence-electron chi connectivity index (χ4n) is 5.46. The molecular formula is C31H27NO4. The second-order valence-electron chi connectivity index (χ2n) is 9.73. The van der Waals surface area contributed by atoms with Crippen molar-refractivity contribution in [2.24, 2.45) is 0 Å². The van der Waals surface area contributed by atoms with Crippen molar-refractivity contribution in [1.82, 2.24) is 5.32 Å². The van der Waals surface area contributed by atoms with Gasteiger partial charge in [-0.15, -0.1) is 0 Å². The number of nitrogens with one attached hydrogen (secondary N) is 1. The number of rotatable bonds is 3. The number of carbonyl (C=O) groups excluding carboxylic acids is 2. The van der Waals surface area contributed by atoms with Crippen molar-refractivity contribution in [1.29, 1.82) is 0 Å². The molecule has 0 spiro atoms. The van der Waals surface area contributed by atoms with Gasteiger partial charge in [0.2, 0.25) is 0 Å². The monoisotopic (exact) mass is 477 g/mol. The molecule has 5 heteroatoms. The Kier molecular flexibility index (Phi) is 5.29. The van der Waals surface area contributed by atoms with E-state index < -0.39 is 0 Å². The van der Waals surface area contributed by atoms with Crippen molar-refractivity contribution >= 4 is 23.5 Å². The number of cyclic esters (lactones) is 2. The lowest BCUT2D eigenvalue weighted by atomic mass is 9.86. The molecule has 4 aliphatic rings. The molecule has 2 aromatic carbocycles. The second kappa shape index (κ2) is 8.52. The normalized spacial score (nSPS) is 20.4. The Hall–Kier alpha value is -4.12. The first-order valence-electron chi connectivity index (χ1n) is 12.3. The molecule has 0 aromatic heterocycles. The summed E-state index contributed by atoms with van der Waals surface area (Å²) in [6, 6.07) is 8.08. The van der Waals surface area contributed by atoms with E-state index >= 15 is 0 Å². The zero-order valence-electron chi connectivity index (χ0n) is 20.3. The number of fused-ring (bicyclic) bond motifs is 4. The Bertz CT molecular complexity index is 1480. The number of hydrogen-bond acceptors (Lipinski definition) is 5. The summed E-state index contributed by atoms with van der Waals surface area (Å²) in [7, 11) is 1.88. The van der Waals surface area contributed by atoms with Gasteiger partial charge in [0.15, 0.2) is 0 Å². The summed E-state index contributed by atoms with van der Waals surface area (Å²) in [5, 5.41) is 3.10. The van der Waals surface area contributed by atoms with E-state index in [1.54, 1.807) is 0 Å². The minimum atomic E-state index is -0.371. The molecule has 6 rings (SSSR count). The SMILES string of the molecule is C=C/C1=C(\C=C/NC)Cc2cc3c(cc2Cc2cc4c(cc2C1)C(=C)OC4=O)C(=O)OC3=C1CCC1. The molecule has 36 heavy (non-hydrogen) atoms. The van der Waals surface area contributed by atoms with E-state index in [0.29, 0.717) is 36.1 Å². The summed E-state index contributed by atoms with van der Waals surface area (Å²) in [5.41, 5.74) is 10.6. The van der Waals surface area contributed by atoms with E-state index in [4.69, 9.17) is 9.47 Å². The first kappa shape index (κ1) is 22.4. The maximum Gasteiger partial charge on any atom is 0.344 e. The minimum Gasteiger partial charge on any atom is -0.423 e. The number of hydrogen-bond donors (Lipinski definition) is 1. The minimum absolute atomic E-state index is 0.284. The van der Waals surface area contributed by atoms with Crippen molar-refractivity contribution < 1.29 is 19.1 Å². The van der Waals surface area contributed by atoms with Crippen LogP contribution in [0.3, 0.4) is 0 Å². The van der Waals surface area contributed by atoms with Crippen molar-refractivity contribution in [2.45, 2.75) is 38.5 Å². The fourth-order valence-corrected chi connectivity index (χ4v) is 5.46. The van der Waals surface area contributed by atoms with Crippen LogP contribution in [-0.4, -0.2) is 19.0 Å². The lowest BCUT2D eigenvalue weighted by Crippen LogP contribution is -2.04. The van der Waals surface area contributed by atoms with Gasteiger partial charge in [0.25, 0.3) is 0 Å². The first-order chi connectivity index (χ1) is 17.5. The van der Waals surface area contributed by atoms with Crippen LogP contribution in [0.15, 0.2) is 72.5 Å². The first-order valence-corrected chi connectivity index (χ1v) is 12.3. The lowest BCUT2D eigenvalue weighted by Gasteiger charge is -2.19. The topological polar surface area (TPSA) is 64.6 Å². The van der Waals surface area contributed by atoms with Gasteiger partial charge in [-0.1, -0.05) is 19.2 Å². The van der Waals surface area contributed by atoms with Crippen LogP contribution in [0.25, 0.3) is 11.5 Å². The van der Waals surface area contributed by atoms with E-state index in [9.17, 15) is 9.59 Å². The molecule has 5 nitrogen and oxygen atoms in total. The standard InChI is InChI=1S/C31H27NO4/c1-4-18-10-21-13-25-17(2)35-30(33)27(25)15-23(21)12-24-16-28-26(14-22(24)11-20(18)8-9-32-3)29(36-31(28)34)19-6-5-7-19/h4,8-9,13-16,32H,1-2,5-7,10-12H2,3H3/b9-8-,20-18-. The predicted molar refractivity (Wildman–Crippen MR) is 139 cm³/mol. The fraction of sp³-hybridized carbons (Fsp3) is 0.226. The maximum absolute atomic E-state index is 12.8. The Morgan fingerprint density at radius 2 is 1.39 bits per heavy atom. The molecule has 0 bridgehead atoms. The van der Waals surface area contributed by atoms with Crippen LogP contribution in [0.5, 0.6) is 0 Å².